The van der Waals surface area contributed by atoms with Gasteiger partial charge in [0.15, 0.2) is 0 Å². The number of rotatable bonds is 7. The lowest BCUT2D eigenvalue weighted by Crippen LogP contribution is -2.49. The minimum atomic E-state index is -1.28. The van der Waals surface area contributed by atoms with Gasteiger partial charge in [-0.3, -0.25) is 4.79 Å². The fourth-order valence-corrected chi connectivity index (χ4v) is 3.36. The molecule has 0 aromatic heterocycles. The van der Waals surface area contributed by atoms with Crippen molar-refractivity contribution >= 4 is 5.97 Å². The van der Waals surface area contributed by atoms with E-state index in [1.165, 1.54) is 0 Å². The Hall–Kier alpha value is -2.89. The van der Waals surface area contributed by atoms with Gasteiger partial charge in [-0.15, -0.1) is 6.42 Å². The van der Waals surface area contributed by atoms with E-state index in [4.69, 9.17) is 21.0 Å². The van der Waals surface area contributed by atoms with Gasteiger partial charge in [-0.05, 0) is 41.3 Å². The quantitative estimate of drug-likeness (QED) is 0.506. The van der Waals surface area contributed by atoms with Crippen LogP contribution in [0.25, 0.3) is 0 Å². The van der Waals surface area contributed by atoms with Crippen LogP contribution in [0.5, 0.6) is 5.75 Å². The van der Waals surface area contributed by atoms with Gasteiger partial charge in [-0.25, -0.2) is 0 Å². The number of carboxylic acids is 1. The zero-order valence-electron chi connectivity index (χ0n) is 16.3. The highest BCUT2D eigenvalue weighted by Gasteiger charge is 2.38. The number of ether oxygens (including phenoxy) is 2. The van der Waals surface area contributed by atoms with Crippen molar-refractivity contribution in [2.45, 2.75) is 37.3 Å². The summed E-state index contributed by atoms with van der Waals surface area (Å²) in [7, 11) is 0. The van der Waals surface area contributed by atoms with E-state index in [0.29, 0.717) is 23.3 Å². The molecule has 4 N–H and O–H groups in total. The van der Waals surface area contributed by atoms with Gasteiger partial charge in [-0.1, -0.05) is 30.2 Å². The van der Waals surface area contributed by atoms with Crippen molar-refractivity contribution < 1.29 is 34.7 Å². The first kappa shape index (κ1) is 21.8. The number of carbonyl (C=O) groups is 1. The zero-order chi connectivity index (χ0) is 21.7. The summed E-state index contributed by atoms with van der Waals surface area (Å²) in [6, 6.07) is 12.6. The maximum atomic E-state index is 10.6. The molecular weight excluding hydrogens is 388 g/mol. The number of hydrogen-bond acceptors (Lipinski definition) is 6. The molecule has 1 aliphatic rings. The number of aliphatic hydroxyl groups is 3. The minimum absolute atomic E-state index is 0.0686. The van der Waals surface area contributed by atoms with E-state index in [2.05, 4.69) is 5.92 Å². The lowest BCUT2D eigenvalue weighted by atomic mass is 9.91. The number of terminal acetylenes is 1. The molecule has 0 radical (unpaired) electrons. The number of hydrogen-bond donors (Lipinski definition) is 4. The molecule has 7 nitrogen and oxygen atoms in total. The van der Waals surface area contributed by atoms with Crippen molar-refractivity contribution in [1.82, 2.24) is 0 Å². The molecule has 0 spiro atoms. The van der Waals surface area contributed by atoms with Gasteiger partial charge >= 0.3 is 5.97 Å². The molecule has 1 saturated heterocycles. The first-order chi connectivity index (χ1) is 14.4. The first-order valence-corrected chi connectivity index (χ1v) is 9.58. The lowest BCUT2D eigenvalue weighted by Gasteiger charge is -2.35. The molecule has 0 bridgehead atoms. The van der Waals surface area contributed by atoms with Gasteiger partial charge in [0, 0.05) is 5.56 Å². The summed E-state index contributed by atoms with van der Waals surface area (Å²) in [6.07, 6.45) is 1.66. The van der Waals surface area contributed by atoms with Gasteiger partial charge in [0.2, 0.25) is 0 Å². The van der Waals surface area contributed by atoms with Crippen LogP contribution in [0.15, 0.2) is 42.5 Å². The fourth-order valence-electron chi connectivity index (χ4n) is 3.36. The fraction of sp³-hybridized carbons (Fsp3) is 0.348. The average Bonchev–Trinajstić information content (AvgIpc) is 2.73. The Morgan fingerprint density at radius 3 is 2.53 bits per heavy atom. The van der Waals surface area contributed by atoms with Crippen LogP contribution < -0.4 is 4.74 Å². The largest absolute Gasteiger partial charge is 0.493 e. The summed E-state index contributed by atoms with van der Waals surface area (Å²) in [6.45, 7) is 0.0285. The minimum Gasteiger partial charge on any atom is -0.493 e. The highest BCUT2D eigenvalue weighted by Crippen LogP contribution is 2.31. The summed E-state index contributed by atoms with van der Waals surface area (Å²) in [4.78, 5) is 10.6. The maximum Gasteiger partial charge on any atom is 0.306 e. The summed E-state index contributed by atoms with van der Waals surface area (Å²) in [5.41, 5.74) is 3.18. The topological polar surface area (TPSA) is 116 Å². The molecule has 0 amide bonds. The molecular formula is C23H24O7. The average molecular weight is 412 g/mol. The highest BCUT2D eigenvalue weighted by atomic mass is 16.5. The van der Waals surface area contributed by atoms with Crippen LogP contribution in [0.2, 0.25) is 0 Å². The molecule has 2 aromatic rings. The molecule has 3 rings (SSSR count). The Labute approximate surface area is 174 Å². The predicted molar refractivity (Wildman–Crippen MR) is 108 cm³/mol. The lowest BCUT2D eigenvalue weighted by molar-refractivity contribution is -0.189. The molecule has 0 aliphatic carbocycles. The Morgan fingerprint density at radius 2 is 1.87 bits per heavy atom. The monoisotopic (exact) mass is 412 g/mol. The summed E-state index contributed by atoms with van der Waals surface area (Å²) in [5.74, 6) is 2.32. The van der Waals surface area contributed by atoms with Gasteiger partial charge in [0.1, 0.15) is 30.2 Å². The van der Waals surface area contributed by atoms with E-state index < -0.39 is 30.4 Å². The van der Waals surface area contributed by atoms with Crippen LogP contribution in [0.4, 0.5) is 0 Å². The zero-order valence-corrected chi connectivity index (χ0v) is 16.3. The Morgan fingerprint density at radius 1 is 1.13 bits per heavy atom. The third-order valence-electron chi connectivity index (χ3n) is 5.02. The summed E-state index contributed by atoms with van der Waals surface area (Å²) >= 11 is 0. The van der Waals surface area contributed by atoms with E-state index in [0.717, 1.165) is 11.1 Å². The second-order valence-corrected chi connectivity index (χ2v) is 7.18. The number of carboxylic acid groups (broad SMARTS) is 1. The first-order valence-electron chi connectivity index (χ1n) is 9.58. The molecule has 0 unspecified atom stereocenters. The number of aliphatic carboxylic acids is 1. The predicted octanol–water partition coefficient (Wildman–Crippen LogP) is 1.27. The molecule has 2 aromatic carbocycles. The van der Waals surface area contributed by atoms with Gasteiger partial charge in [0.25, 0.3) is 0 Å². The summed E-state index contributed by atoms with van der Waals surface area (Å²) in [5, 5.41) is 38.5. The molecule has 4 atom stereocenters. The van der Waals surface area contributed by atoms with Crippen molar-refractivity contribution in [3.63, 3.8) is 0 Å². The second-order valence-electron chi connectivity index (χ2n) is 7.18. The molecule has 0 saturated carbocycles. The van der Waals surface area contributed by atoms with E-state index >= 15 is 0 Å². The Kier molecular flexibility index (Phi) is 7.08. The van der Waals surface area contributed by atoms with Gasteiger partial charge in [-0.2, -0.15) is 0 Å². The van der Waals surface area contributed by atoms with Gasteiger partial charge < -0.3 is 29.9 Å². The third-order valence-corrected chi connectivity index (χ3v) is 5.02. The van der Waals surface area contributed by atoms with Crippen LogP contribution >= 0.6 is 0 Å². The molecule has 30 heavy (non-hydrogen) atoms. The van der Waals surface area contributed by atoms with Crippen LogP contribution in [0.3, 0.4) is 0 Å². The molecule has 1 fully saturated rings. The smallest absolute Gasteiger partial charge is 0.306 e. The number of benzene rings is 2. The van der Waals surface area contributed by atoms with Crippen LogP contribution in [0, 0.1) is 12.3 Å². The van der Waals surface area contributed by atoms with Crippen LogP contribution in [-0.2, 0) is 16.0 Å². The van der Waals surface area contributed by atoms with Crippen molar-refractivity contribution in [2.75, 3.05) is 13.2 Å². The SMILES string of the molecule is C#Cc1ccc([C@@H]2OC[C@@H](O)[C@H](O)[C@H]2O)cc1Cc1ccc(OCCC(=O)O)cc1. The molecule has 1 heterocycles. The van der Waals surface area contributed by atoms with E-state index in [9.17, 15) is 20.1 Å². The van der Waals surface area contributed by atoms with E-state index in [-0.39, 0.29) is 19.6 Å². The number of aliphatic hydroxyl groups excluding tert-OH is 3. The standard InChI is InChI=1S/C23H24O7/c1-2-15-5-6-16(23-22(28)21(27)19(24)13-30-23)12-17(15)11-14-3-7-18(8-4-14)29-10-9-20(25)26/h1,3-8,12,19,21-24,27-28H,9-11,13H2,(H,25,26)/t19-,21+,22-,23+/m1/s1. The third kappa shape index (κ3) is 5.17. The van der Waals surface area contributed by atoms with Crippen molar-refractivity contribution in [3.05, 3.63) is 64.7 Å². The summed E-state index contributed by atoms with van der Waals surface area (Å²) < 4.78 is 10.9. The van der Waals surface area contributed by atoms with Crippen molar-refractivity contribution in [1.29, 1.82) is 0 Å². The maximum absolute atomic E-state index is 10.6. The van der Waals surface area contributed by atoms with Crippen molar-refractivity contribution in [3.8, 4) is 18.1 Å². The van der Waals surface area contributed by atoms with E-state index in [1.807, 2.05) is 18.2 Å². The normalized spacial score (nSPS) is 23.5. The molecule has 1 aliphatic heterocycles. The molecule has 7 heteroatoms. The Bertz CT molecular complexity index is 916. The molecule has 158 valence electrons. The van der Waals surface area contributed by atoms with Gasteiger partial charge in [0.05, 0.1) is 19.6 Å². The Balaban J connectivity index is 1.75. The second kappa shape index (κ2) is 9.74. The van der Waals surface area contributed by atoms with E-state index in [1.54, 1.807) is 24.3 Å². The van der Waals surface area contributed by atoms with Crippen LogP contribution in [0.1, 0.15) is 34.8 Å². The van der Waals surface area contributed by atoms with Crippen molar-refractivity contribution in [2.24, 2.45) is 0 Å². The van der Waals surface area contributed by atoms with Crippen LogP contribution in [-0.4, -0.2) is 57.9 Å². The highest BCUT2D eigenvalue weighted by molar-refractivity contribution is 5.66.